The minimum atomic E-state index is 0.0492. The third kappa shape index (κ3) is 5.43. The molecule has 0 unspecified atom stereocenters. The highest BCUT2D eigenvalue weighted by Crippen LogP contribution is 2.19. The van der Waals surface area contributed by atoms with Crippen molar-refractivity contribution in [1.82, 2.24) is 5.32 Å². The van der Waals surface area contributed by atoms with Gasteiger partial charge in [-0.05, 0) is 56.4 Å². The van der Waals surface area contributed by atoms with Crippen LogP contribution in [0.2, 0.25) is 0 Å². The first kappa shape index (κ1) is 16.4. The Morgan fingerprint density at radius 3 is 2.59 bits per heavy atom. The summed E-state index contributed by atoms with van der Waals surface area (Å²) in [6, 6.07) is 8.07. The molecular formula is C18H27N3O. The molecule has 0 fully saturated rings. The molecule has 0 spiro atoms. The Bertz CT molecular complexity index is 506. The van der Waals surface area contributed by atoms with Crippen molar-refractivity contribution in [3.8, 4) is 0 Å². The molecule has 0 atom stereocenters. The predicted molar refractivity (Wildman–Crippen MR) is 93.4 cm³/mol. The number of nitrogens with zero attached hydrogens (tertiary/aromatic N) is 1. The Morgan fingerprint density at radius 2 is 1.95 bits per heavy atom. The first-order valence-electron chi connectivity index (χ1n) is 8.11. The number of anilines is 2. The summed E-state index contributed by atoms with van der Waals surface area (Å²) in [5.41, 5.74) is 3.62. The highest BCUT2D eigenvalue weighted by molar-refractivity contribution is 5.80. The lowest BCUT2D eigenvalue weighted by Crippen LogP contribution is -2.30. The highest BCUT2D eigenvalue weighted by atomic mass is 16.1. The van der Waals surface area contributed by atoms with E-state index in [1.54, 1.807) is 0 Å². The lowest BCUT2D eigenvalue weighted by molar-refractivity contribution is -0.119. The zero-order valence-corrected chi connectivity index (χ0v) is 13.7. The van der Waals surface area contributed by atoms with Crippen LogP contribution in [0.15, 0.2) is 35.9 Å². The van der Waals surface area contributed by atoms with Crippen molar-refractivity contribution in [1.29, 1.82) is 0 Å². The molecule has 0 saturated heterocycles. The molecule has 0 heterocycles. The van der Waals surface area contributed by atoms with Gasteiger partial charge < -0.3 is 15.5 Å². The average molecular weight is 301 g/mol. The van der Waals surface area contributed by atoms with E-state index < -0.39 is 0 Å². The zero-order chi connectivity index (χ0) is 15.8. The lowest BCUT2D eigenvalue weighted by Gasteiger charge is -2.14. The second kappa shape index (κ2) is 8.47. The largest absolute Gasteiger partial charge is 0.378 e. The van der Waals surface area contributed by atoms with Gasteiger partial charge in [0.15, 0.2) is 0 Å². The van der Waals surface area contributed by atoms with Crippen molar-refractivity contribution in [2.45, 2.75) is 32.1 Å². The van der Waals surface area contributed by atoms with Crippen LogP contribution in [0.3, 0.4) is 0 Å². The Hall–Kier alpha value is -1.97. The molecule has 0 radical (unpaired) electrons. The number of amides is 1. The second-order valence-corrected chi connectivity index (χ2v) is 6.00. The van der Waals surface area contributed by atoms with Crippen molar-refractivity contribution in [2.24, 2.45) is 0 Å². The number of rotatable bonds is 7. The number of nitrogens with one attached hydrogen (secondary N) is 2. The zero-order valence-electron chi connectivity index (χ0n) is 13.7. The molecule has 1 aromatic rings. The first-order valence-corrected chi connectivity index (χ1v) is 8.11. The standard InChI is InChI=1S/C18H27N3O/c1-21(2)17-10-8-16(9-11-17)20-14-18(22)19-13-12-15-6-4-3-5-7-15/h6,8-11,20H,3-5,7,12-14H2,1-2H3,(H,19,22). The molecule has 0 aromatic heterocycles. The van der Waals surface area contributed by atoms with E-state index >= 15 is 0 Å². The maximum absolute atomic E-state index is 11.8. The van der Waals surface area contributed by atoms with Gasteiger partial charge in [0, 0.05) is 32.0 Å². The summed E-state index contributed by atoms with van der Waals surface area (Å²) < 4.78 is 0. The number of carbonyl (C=O) groups excluding carboxylic acids is 1. The van der Waals surface area contributed by atoms with Crippen LogP contribution in [0.25, 0.3) is 0 Å². The fourth-order valence-corrected chi connectivity index (χ4v) is 2.62. The monoisotopic (exact) mass is 301 g/mol. The maximum atomic E-state index is 11.8. The molecule has 1 amide bonds. The van der Waals surface area contributed by atoms with E-state index in [1.165, 1.54) is 31.3 Å². The molecule has 0 bridgehead atoms. The molecule has 0 saturated carbocycles. The number of allylic oxidation sites excluding steroid dienone is 1. The van der Waals surface area contributed by atoms with E-state index in [0.29, 0.717) is 6.54 Å². The number of benzene rings is 1. The van der Waals surface area contributed by atoms with Crippen LogP contribution >= 0.6 is 0 Å². The van der Waals surface area contributed by atoms with Gasteiger partial charge in [-0.3, -0.25) is 4.79 Å². The molecule has 0 aliphatic heterocycles. The molecule has 1 aliphatic rings. The van der Waals surface area contributed by atoms with Gasteiger partial charge in [-0.2, -0.15) is 0 Å². The maximum Gasteiger partial charge on any atom is 0.239 e. The summed E-state index contributed by atoms with van der Waals surface area (Å²) in [6.45, 7) is 1.06. The Kier molecular flexibility index (Phi) is 6.31. The average Bonchev–Trinajstić information content (AvgIpc) is 2.54. The van der Waals surface area contributed by atoms with Gasteiger partial charge in [-0.15, -0.1) is 0 Å². The van der Waals surface area contributed by atoms with Crippen molar-refractivity contribution < 1.29 is 4.79 Å². The van der Waals surface area contributed by atoms with Gasteiger partial charge in [-0.25, -0.2) is 0 Å². The molecule has 2 N–H and O–H groups in total. The Morgan fingerprint density at radius 1 is 1.18 bits per heavy atom. The molecule has 1 aliphatic carbocycles. The van der Waals surface area contributed by atoms with Gasteiger partial charge in [0.25, 0.3) is 0 Å². The molecule has 4 nitrogen and oxygen atoms in total. The van der Waals surface area contributed by atoms with Gasteiger partial charge in [0.1, 0.15) is 0 Å². The third-order valence-corrected chi connectivity index (χ3v) is 3.99. The Balaban J connectivity index is 1.65. The number of hydrogen-bond acceptors (Lipinski definition) is 3. The first-order chi connectivity index (χ1) is 10.6. The summed E-state index contributed by atoms with van der Waals surface area (Å²) in [5, 5.41) is 6.13. The van der Waals surface area contributed by atoms with Crippen molar-refractivity contribution in [3.05, 3.63) is 35.9 Å². The molecule has 120 valence electrons. The molecule has 4 heteroatoms. The summed E-state index contributed by atoms with van der Waals surface area (Å²) in [6.07, 6.45) is 8.33. The van der Waals surface area contributed by atoms with Crippen LogP contribution in [-0.2, 0) is 4.79 Å². The summed E-state index contributed by atoms with van der Waals surface area (Å²) in [7, 11) is 4.02. The molecular weight excluding hydrogens is 274 g/mol. The van der Waals surface area contributed by atoms with E-state index in [2.05, 4.69) is 21.6 Å². The molecule has 22 heavy (non-hydrogen) atoms. The fraction of sp³-hybridized carbons (Fsp3) is 0.500. The minimum Gasteiger partial charge on any atom is -0.378 e. The SMILES string of the molecule is CN(C)c1ccc(NCC(=O)NCCC2=CCCCC2)cc1. The second-order valence-electron chi connectivity index (χ2n) is 6.00. The Labute approximate surface area is 133 Å². The van der Waals surface area contributed by atoms with E-state index in [9.17, 15) is 4.79 Å². The third-order valence-electron chi connectivity index (χ3n) is 3.99. The van der Waals surface area contributed by atoms with E-state index in [0.717, 1.165) is 24.3 Å². The summed E-state index contributed by atoms with van der Waals surface area (Å²) in [5.74, 6) is 0.0492. The van der Waals surface area contributed by atoms with Gasteiger partial charge in [0.05, 0.1) is 6.54 Å². The van der Waals surface area contributed by atoms with E-state index in [-0.39, 0.29) is 5.91 Å². The molecule has 2 rings (SSSR count). The van der Waals surface area contributed by atoms with E-state index in [4.69, 9.17) is 0 Å². The van der Waals surface area contributed by atoms with Crippen molar-refractivity contribution in [2.75, 3.05) is 37.4 Å². The van der Waals surface area contributed by atoms with Crippen LogP contribution < -0.4 is 15.5 Å². The molecule has 1 aromatic carbocycles. The van der Waals surface area contributed by atoms with Crippen LogP contribution in [0.1, 0.15) is 32.1 Å². The fourth-order valence-electron chi connectivity index (χ4n) is 2.62. The lowest BCUT2D eigenvalue weighted by atomic mass is 9.97. The topological polar surface area (TPSA) is 44.4 Å². The van der Waals surface area contributed by atoms with Crippen molar-refractivity contribution >= 4 is 17.3 Å². The highest BCUT2D eigenvalue weighted by Gasteiger charge is 2.05. The summed E-state index contributed by atoms with van der Waals surface area (Å²) in [4.78, 5) is 13.9. The van der Waals surface area contributed by atoms with Crippen molar-refractivity contribution in [3.63, 3.8) is 0 Å². The predicted octanol–water partition coefficient (Wildman–Crippen LogP) is 3.17. The van der Waals surface area contributed by atoms with Gasteiger partial charge >= 0.3 is 0 Å². The quantitative estimate of drug-likeness (QED) is 0.760. The minimum absolute atomic E-state index is 0.0492. The van der Waals surface area contributed by atoms with Crippen LogP contribution in [0.5, 0.6) is 0 Å². The van der Waals surface area contributed by atoms with Crippen LogP contribution in [0.4, 0.5) is 11.4 Å². The normalized spacial score (nSPS) is 14.2. The van der Waals surface area contributed by atoms with Gasteiger partial charge in [0.2, 0.25) is 5.91 Å². The van der Waals surface area contributed by atoms with E-state index in [1.807, 2.05) is 38.4 Å². The number of carbonyl (C=O) groups is 1. The van der Waals surface area contributed by atoms with Crippen LogP contribution in [-0.4, -0.2) is 33.1 Å². The smallest absolute Gasteiger partial charge is 0.239 e. The summed E-state index contributed by atoms with van der Waals surface area (Å²) >= 11 is 0. The number of hydrogen-bond donors (Lipinski definition) is 2. The van der Waals surface area contributed by atoms with Gasteiger partial charge in [-0.1, -0.05) is 11.6 Å². The van der Waals surface area contributed by atoms with Crippen LogP contribution in [0, 0.1) is 0 Å².